The lowest BCUT2D eigenvalue weighted by Crippen LogP contribution is -2.48. The number of benzene rings is 1. The van der Waals surface area contributed by atoms with E-state index in [-0.39, 0.29) is 5.41 Å². The number of nitrogens with one attached hydrogen (secondary N) is 1. The number of rotatable bonds is 6. The van der Waals surface area contributed by atoms with Gasteiger partial charge in [-0.3, -0.25) is 0 Å². The molecule has 4 atom stereocenters. The number of anilines is 1. The fourth-order valence-electron chi connectivity index (χ4n) is 5.86. The number of aromatic nitrogens is 5. The Kier molecular flexibility index (Phi) is 6.18. The van der Waals surface area contributed by atoms with Crippen molar-refractivity contribution < 1.29 is 14.9 Å². The number of ether oxygens (including phenoxy) is 1. The highest BCUT2D eigenvalue weighted by molar-refractivity contribution is 5.86. The molecular weight excluding hydrogens is 482 g/mol. The van der Waals surface area contributed by atoms with Gasteiger partial charge in [0.15, 0.2) is 6.23 Å². The summed E-state index contributed by atoms with van der Waals surface area (Å²) in [5, 5.41) is 22.2. The first kappa shape index (κ1) is 25.2. The summed E-state index contributed by atoms with van der Waals surface area (Å²) in [5.41, 5.74) is 10.1. The molecule has 2 aliphatic rings. The Morgan fingerprint density at radius 2 is 1.95 bits per heavy atom. The van der Waals surface area contributed by atoms with Crippen LogP contribution in [0.1, 0.15) is 51.2 Å². The first-order chi connectivity index (χ1) is 18.1. The van der Waals surface area contributed by atoms with Crippen LogP contribution >= 0.6 is 0 Å². The molecule has 1 aliphatic heterocycles. The number of aromatic amines is 1. The molecule has 0 amide bonds. The van der Waals surface area contributed by atoms with Crippen LogP contribution in [0.5, 0.6) is 0 Å². The van der Waals surface area contributed by atoms with Gasteiger partial charge >= 0.3 is 0 Å². The molecule has 3 aromatic heterocycles. The Labute approximate surface area is 221 Å². The van der Waals surface area contributed by atoms with E-state index >= 15 is 0 Å². The van der Waals surface area contributed by atoms with E-state index in [1.165, 1.54) is 11.9 Å². The standard InChI is InChI=1S/C28H37N7O3/c1-28(2,3)16-5-6-19-20(12-16)33-22(32-19)11-15-9-17(10-15)34(4)13-21-23(36)24(37)27(38-21)35-8-7-18-25(29)30-14-31-26(18)35/h5-8,12,14-15,17,21,23-24,27,36-37H,9-11,13H2,1-4H3,(H,32,33)(H2,29,30,31)/t15?,17?,21-,23+,24+,27-/m1/s1. The van der Waals surface area contributed by atoms with E-state index in [1.807, 2.05) is 0 Å². The molecule has 1 aliphatic carbocycles. The van der Waals surface area contributed by atoms with Crippen LogP contribution in [0.25, 0.3) is 22.1 Å². The van der Waals surface area contributed by atoms with E-state index < -0.39 is 24.5 Å². The molecule has 6 rings (SSSR count). The second-order valence-electron chi connectivity index (χ2n) is 12.1. The fraction of sp³-hybridized carbons (Fsp3) is 0.536. The molecule has 202 valence electrons. The quantitative estimate of drug-likeness (QED) is 0.305. The van der Waals surface area contributed by atoms with Crippen molar-refractivity contribution in [2.24, 2.45) is 5.92 Å². The van der Waals surface area contributed by atoms with Crippen LogP contribution in [-0.2, 0) is 16.6 Å². The molecule has 0 unspecified atom stereocenters. The molecule has 1 aromatic carbocycles. The first-order valence-electron chi connectivity index (χ1n) is 13.4. The molecule has 10 heteroatoms. The Morgan fingerprint density at radius 3 is 2.71 bits per heavy atom. The largest absolute Gasteiger partial charge is 0.387 e. The van der Waals surface area contributed by atoms with E-state index in [9.17, 15) is 10.2 Å². The van der Waals surface area contributed by atoms with Crippen molar-refractivity contribution in [1.29, 1.82) is 0 Å². The van der Waals surface area contributed by atoms with E-state index in [0.29, 0.717) is 35.4 Å². The molecule has 2 fully saturated rings. The molecule has 0 radical (unpaired) electrons. The number of aliphatic hydroxyl groups is 2. The summed E-state index contributed by atoms with van der Waals surface area (Å²) in [7, 11) is 2.06. The smallest absolute Gasteiger partial charge is 0.164 e. The summed E-state index contributed by atoms with van der Waals surface area (Å²) < 4.78 is 7.88. The summed E-state index contributed by atoms with van der Waals surface area (Å²) in [5.74, 6) is 1.98. The molecule has 5 N–H and O–H groups in total. The predicted octanol–water partition coefficient (Wildman–Crippen LogP) is 2.76. The zero-order valence-corrected chi connectivity index (χ0v) is 22.4. The Bertz CT molecular complexity index is 1450. The maximum Gasteiger partial charge on any atom is 0.164 e. The lowest BCUT2D eigenvalue weighted by atomic mass is 9.77. The Balaban J connectivity index is 1.05. The van der Waals surface area contributed by atoms with Crippen molar-refractivity contribution in [2.75, 3.05) is 19.3 Å². The molecule has 4 heterocycles. The Hall–Kier alpha value is -3.05. The second kappa shape index (κ2) is 9.30. The van der Waals surface area contributed by atoms with Crippen LogP contribution in [0, 0.1) is 5.92 Å². The number of likely N-dealkylation sites (N-methyl/N-ethyl adjacent to an activating group) is 1. The number of nitrogens with zero attached hydrogens (tertiary/aromatic N) is 5. The number of fused-ring (bicyclic) bond motifs is 2. The van der Waals surface area contributed by atoms with Crippen molar-refractivity contribution in [3.8, 4) is 0 Å². The van der Waals surface area contributed by atoms with Crippen LogP contribution in [0.3, 0.4) is 0 Å². The van der Waals surface area contributed by atoms with Crippen molar-refractivity contribution in [1.82, 2.24) is 29.4 Å². The highest BCUT2D eigenvalue weighted by Gasteiger charge is 2.45. The second-order valence-corrected chi connectivity index (χ2v) is 12.1. The van der Waals surface area contributed by atoms with Gasteiger partial charge in [-0.05, 0) is 55.0 Å². The molecule has 1 saturated carbocycles. The van der Waals surface area contributed by atoms with Gasteiger partial charge in [0.1, 0.15) is 41.9 Å². The molecule has 1 saturated heterocycles. The van der Waals surface area contributed by atoms with Gasteiger partial charge in [0, 0.05) is 25.2 Å². The highest BCUT2D eigenvalue weighted by atomic mass is 16.6. The topological polar surface area (TPSA) is 138 Å². The number of imidazole rings is 1. The number of nitrogen functional groups attached to an aromatic ring is 1. The van der Waals surface area contributed by atoms with Crippen LogP contribution in [0.15, 0.2) is 36.8 Å². The molecule has 10 nitrogen and oxygen atoms in total. The van der Waals surface area contributed by atoms with Crippen LogP contribution in [0.2, 0.25) is 0 Å². The summed E-state index contributed by atoms with van der Waals surface area (Å²) in [4.78, 5) is 18.9. The van der Waals surface area contributed by atoms with Crippen molar-refractivity contribution in [3.63, 3.8) is 0 Å². The summed E-state index contributed by atoms with van der Waals surface area (Å²) >= 11 is 0. The third-order valence-electron chi connectivity index (χ3n) is 8.33. The highest BCUT2D eigenvalue weighted by Crippen LogP contribution is 2.37. The first-order valence-corrected chi connectivity index (χ1v) is 13.4. The van der Waals surface area contributed by atoms with E-state index in [2.05, 4.69) is 65.9 Å². The average Bonchev–Trinajstić information content (AvgIpc) is 3.52. The van der Waals surface area contributed by atoms with Crippen molar-refractivity contribution in [3.05, 3.63) is 48.2 Å². The molecular formula is C28H37N7O3. The van der Waals surface area contributed by atoms with E-state index in [4.69, 9.17) is 15.5 Å². The third-order valence-corrected chi connectivity index (χ3v) is 8.33. The molecule has 4 aromatic rings. The van der Waals surface area contributed by atoms with E-state index in [0.717, 1.165) is 36.1 Å². The maximum atomic E-state index is 10.8. The molecule has 38 heavy (non-hydrogen) atoms. The monoisotopic (exact) mass is 519 g/mol. The average molecular weight is 520 g/mol. The SMILES string of the molecule is CN(C[C@H]1O[C@@H](n2ccc3c(N)ncnc32)[C@@H](O)[C@H]1O)C1CC(Cc2nc3ccc(C(C)(C)C)cc3[nH]2)C1. The summed E-state index contributed by atoms with van der Waals surface area (Å²) in [6.45, 7) is 7.20. The predicted molar refractivity (Wildman–Crippen MR) is 146 cm³/mol. The van der Waals surface area contributed by atoms with Crippen LogP contribution in [0.4, 0.5) is 5.82 Å². The molecule has 0 spiro atoms. The number of hydrogen-bond donors (Lipinski definition) is 4. The van der Waals surface area contributed by atoms with Gasteiger partial charge < -0.3 is 35.1 Å². The van der Waals surface area contributed by atoms with Gasteiger partial charge in [-0.25, -0.2) is 15.0 Å². The fourth-order valence-corrected chi connectivity index (χ4v) is 5.86. The maximum absolute atomic E-state index is 10.8. The van der Waals surface area contributed by atoms with Gasteiger partial charge in [-0.1, -0.05) is 26.8 Å². The number of H-pyrrole nitrogens is 1. The number of hydrogen-bond acceptors (Lipinski definition) is 8. The summed E-state index contributed by atoms with van der Waals surface area (Å²) in [6, 6.07) is 8.71. The zero-order valence-electron chi connectivity index (χ0n) is 22.4. The van der Waals surface area contributed by atoms with Gasteiger partial charge in [0.05, 0.1) is 16.4 Å². The lowest BCUT2D eigenvalue weighted by molar-refractivity contribution is -0.0509. The van der Waals surface area contributed by atoms with Crippen molar-refractivity contribution in [2.45, 2.75) is 76.0 Å². The van der Waals surface area contributed by atoms with Gasteiger partial charge in [0.2, 0.25) is 0 Å². The number of nitrogens with two attached hydrogens (primary N) is 1. The minimum absolute atomic E-state index is 0.107. The lowest BCUT2D eigenvalue weighted by Gasteiger charge is -2.42. The van der Waals surface area contributed by atoms with Gasteiger partial charge in [-0.2, -0.15) is 0 Å². The third kappa shape index (κ3) is 4.45. The minimum Gasteiger partial charge on any atom is -0.387 e. The van der Waals surface area contributed by atoms with Crippen LogP contribution in [-0.4, -0.2) is 77.6 Å². The minimum atomic E-state index is -1.07. The molecule has 0 bridgehead atoms. The van der Waals surface area contributed by atoms with E-state index in [1.54, 1.807) is 16.8 Å². The zero-order chi connectivity index (χ0) is 26.8. The van der Waals surface area contributed by atoms with Gasteiger partial charge in [-0.15, -0.1) is 0 Å². The Morgan fingerprint density at radius 1 is 1.16 bits per heavy atom. The number of aliphatic hydroxyl groups excluding tert-OH is 2. The normalized spacial score (nSPS) is 28.0. The van der Waals surface area contributed by atoms with Crippen molar-refractivity contribution >= 4 is 27.9 Å². The van der Waals surface area contributed by atoms with Crippen LogP contribution < -0.4 is 5.73 Å². The summed E-state index contributed by atoms with van der Waals surface area (Å²) in [6.07, 6.45) is 2.89. The van der Waals surface area contributed by atoms with Gasteiger partial charge in [0.25, 0.3) is 0 Å².